The number of hydrogen-bond acceptors (Lipinski definition) is 4. The van der Waals surface area contributed by atoms with Crippen LogP contribution in [-0.4, -0.2) is 23.0 Å². The molecule has 0 saturated heterocycles. The Balaban J connectivity index is 2.35. The second-order valence-electron chi connectivity index (χ2n) is 6.81. The summed E-state index contributed by atoms with van der Waals surface area (Å²) < 4.78 is 5.96. The number of benzene rings is 2. The van der Waals surface area contributed by atoms with Gasteiger partial charge in [0, 0.05) is 17.6 Å². The predicted octanol–water partition coefficient (Wildman–Crippen LogP) is 4.38. The third-order valence-electron chi connectivity index (χ3n) is 4.88. The molecule has 0 spiro atoms. The molecule has 0 aromatic heterocycles. The van der Waals surface area contributed by atoms with E-state index >= 15 is 0 Å². The maximum absolute atomic E-state index is 13.0. The Bertz CT molecular complexity index is 932. The van der Waals surface area contributed by atoms with Crippen LogP contribution in [0.2, 0.25) is 0 Å². The lowest BCUT2D eigenvalue weighted by Gasteiger charge is -2.16. The van der Waals surface area contributed by atoms with Crippen molar-refractivity contribution in [3.8, 4) is 0 Å². The van der Waals surface area contributed by atoms with Crippen molar-refractivity contribution in [1.82, 2.24) is 0 Å². The first-order valence-electron chi connectivity index (χ1n) is 9.95. The number of carbonyl (C=O) groups is 1. The minimum absolute atomic E-state index is 0.103. The van der Waals surface area contributed by atoms with Crippen LogP contribution < -0.4 is 5.73 Å². The first kappa shape index (κ1) is 20.4. The van der Waals surface area contributed by atoms with Gasteiger partial charge in [0.2, 0.25) is 0 Å². The summed E-state index contributed by atoms with van der Waals surface area (Å²) >= 11 is 0. The lowest BCUT2D eigenvalue weighted by Crippen LogP contribution is -2.16. The number of nitrogens with zero attached hydrogens (tertiary/aromatic N) is 1. The Labute approximate surface area is 171 Å². The fraction of sp³-hybridized carbons (Fsp3) is 0.250. The molecule has 0 unspecified atom stereocenters. The zero-order valence-electron chi connectivity index (χ0n) is 16.9. The smallest absolute Gasteiger partial charge is 0.347 e. The van der Waals surface area contributed by atoms with Crippen LogP contribution in [0.4, 0.5) is 0 Å². The second kappa shape index (κ2) is 9.24. The van der Waals surface area contributed by atoms with Gasteiger partial charge in [0.1, 0.15) is 5.71 Å². The van der Waals surface area contributed by atoms with Gasteiger partial charge in [0.05, 0.1) is 6.61 Å². The number of nitrogens with two attached hydrogens (primary N) is 1. The molecule has 0 aliphatic carbocycles. The number of esters is 1. The van der Waals surface area contributed by atoms with Gasteiger partial charge in [-0.15, -0.1) is 0 Å². The maximum Gasteiger partial charge on any atom is 0.347 e. The van der Waals surface area contributed by atoms with Crippen LogP contribution in [0.15, 0.2) is 77.6 Å². The SMILES string of the molecule is CCCCC1=[N+]([O-])C(N)=C(C(=O)OCC)C1=C(c1ccccc1)c1ccccc1. The first-order chi connectivity index (χ1) is 14.1. The molecule has 1 heterocycles. The van der Waals surface area contributed by atoms with Crippen molar-refractivity contribution in [3.05, 3.63) is 94.0 Å². The number of hydroxylamine groups is 1. The van der Waals surface area contributed by atoms with Crippen LogP contribution >= 0.6 is 0 Å². The molecular weight excluding hydrogens is 364 g/mol. The lowest BCUT2D eigenvalue weighted by atomic mass is 9.86. The van der Waals surface area contributed by atoms with Gasteiger partial charge in [0.25, 0.3) is 5.82 Å². The van der Waals surface area contributed by atoms with E-state index in [1.807, 2.05) is 60.7 Å². The highest BCUT2D eigenvalue weighted by atomic mass is 16.5. The molecule has 0 amide bonds. The molecule has 0 bridgehead atoms. The molecule has 5 nitrogen and oxygen atoms in total. The number of ether oxygens (including phenoxy) is 1. The summed E-state index contributed by atoms with van der Waals surface area (Å²) in [6.07, 6.45) is 2.27. The van der Waals surface area contributed by atoms with E-state index in [1.165, 1.54) is 0 Å². The van der Waals surface area contributed by atoms with Crippen molar-refractivity contribution in [3.63, 3.8) is 0 Å². The van der Waals surface area contributed by atoms with Gasteiger partial charge in [-0.05, 0) is 24.5 Å². The molecule has 2 N–H and O–H groups in total. The molecule has 0 atom stereocenters. The van der Waals surface area contributed by atoms with E-state index in [1.54, 1.807) is 6.92 Å². The van der Waals surface area contributed by atoms with E-state index < -0.39 is 5.97 Å². The number of carbonyl (C=O) groups excluding carboxylic acids is 1. The van der Waals surface area contributed by atoms with Crippen LogP contribution in [0.1, 0.15) is 44.2 Å². The Hall–Kier alpha value is -3.34. The molecule has 2 aromatic carbocycles. The van der Waals surface area contributed by atoms with Crippen molar-refractivity contribution in [2.45, 2.75) is 33.1 Å². The summed E-state index contributed by atoms with van der Waals surface area (Å²) in [7, 11) is 0. The Morgan fingerprint density at radius 3 is 2.03 bits per heavy atom. The van der Waals surface area contributed by atoms with Crippen molar-refractivity contribution in [1.29, 1.82) is 0 Å². The minimum Gasteiger partial charge on any atom is -0.710 e. The molecule has 0 radical (unpaired) electrons. The van der Waals surface area contributed by atoms with E-state index in [9.17, 15) is 10.0 Å². The van der Waals surface area contributed by atoms with Gasteiger partial charge in [-0.2, -0.15) is 0 Å². The monoisotopic (exact) mass is 390 g/mol. The number of unbranched alkanes of at least 4 members (excludes halogenated alkanes) is 1. The normalized spacial score (nSPS) is 13.8. The molecule has 0 fully saturated rings. The van der Waals surface area contributed by atoms with E-state index in [0.717, 1.165) is 29.5 Å². The Morgan fingerprint density at radius 2 is 1.55 bits per heavy atom. The van der Waals surface area contributed by atoms with Crippen LogP contribution in [-0.2, 0) is 9.53 Å². The van der Waals surface area contributed by atoms with E-state index in [0.29, 0.717) is 22.4 Å². The Kier molecular flexibility index (Phi) is 6.50. The van der Waals surface area contributed by atoms with Crippen LogP contribution in [0.5, 0.6) is 0 Å². The molecular formula is C24H26N2O3. The maximum atomic E-state index is 13.0. The molecule has 5 heteroatoms. The molecule has 2 aromatic rings. The van der Waals surface area contributed by atoms with Gasteiger partial charge in [0.15, 0.2) is 5.57 Å². The standard InChI is InChI=1S/C24H26N2O3/c1-3-5-16-19-21(22(23(25)26(19)28)24(27)29-4-2)20(17-12-8-6-9-13-17)18-14-10-7-11-15-18/h6-15H,3-5,16,25H2,1-2H3. The minimum atomic E-state index is -0.572. The van der Waals surface area contributed by atoms with E-state index in [4.69, 9.17) is 10.5 Å². The number of rotatable bonds is 7. The predicted molar refractivity (Wildman–Crippen MR) is 115 cm³/mol. The summed E-state index contributed by atoms with van der Waals surface area (Å²) in [4.78, 5) is 12.8. The second-order valence-corrected chi connectivity index (χ2v) is 6.81. The topological polar surface area (TPSA) is 78.4 Å². The van der Waals surface area contributed by atoms with Gasteiger partial charge >= 0.3 is 5.97 Å². The molecule has 150 valence electrons. The summed E-state index contributed by atoms with van der Waals surface area (Å²) in [5, 5.41) is 13.0. The van der Waals surface area contributed by atoms with Gasteiger partial charge in [-0.25, -0.2) is 9.53 Å². The van der Waals surface area contributed by atoms with E-state index in [-0.39, 0.29) is 18.0 Å². The highest BCUT2D eigenvalue weighted by Gasteiger charge is 2.38. The van der Waals surface area contributed by atoms with E-state index in [2.05, 4.69) is 6.92 Å². The van der Waals surface area contributed by atoms with Crippen LogP contribution in [0.25, 0.3) is 5.57 Å². The third kappa shape index (κ3) is 4.09. The van der Waals surface area contributed by atoms with Crippen LogP contribution in [0.3, 0.4) is 0 Å². The summed E-state index contributed by atoms with van der Waals surface area (Å²) in [6.45, 7) is 4.00. The van der Waals surface area contributed by atoms with Crippen molar-refractivity contribution in [2.24, 2.45) is 5.73 Å². The Morgan fingerprint density at radius 1 is 1.00 bits per heavy atom. The van der Waals surface area contributed by atoms with Crippen LogP contribution in [0, 0.1) is 5.21 Å². The molecule has 3 rings (SSSR count). The highest BCUT2D eigenvalue weighted by molar-refractivity contribution is 6.19. The van der Waals surface area contributed by atoms with Crippen molar-refractivity contribution < 1.29 is 14.3 Å². The fourth-order valence-corrected chi connectivity index (χ4v) is 3.54. The average molecular weight is 390 g/mol. The molecule has 0 saturated carbocycles. The zero-order chi connectivity index (χ0) is 20.8. The fourth-order valence-electron chi connectivity index (χ4n) is 3.54. The largest absolute Gasteiger partial charge is 0.710 e. The summed E-state index contributed by atoms with van der Waals surface area (Å²) in [6, 6.07) is 19.5. The third-order valence-corrected chi connectivity index (χ3v) is 4.88. The quantitative estimate of drug-likeness (QED) is 0.432. The molecule has 1 aliphatic heterocycles. The van der Waals surface area contributed by atoms with Gasteiger partial charge in [-0.1, -0.05) is 74.0 Å². The zero-order valence-corrected chi connectivity index (χ0v) is 16.9. The lowest BCUT2D eigenvalue weighted by molar-refractivity contribution is -0.401. The van der Waals surface area contributed by atoms with Crippen molar-refractivity contribution in [2.75, 3.05) is 6.61 Å². The number of hydrogen-bond donors (Lipinski definition) is 1. The first-order valence-corrected chi connectivity index (χ1v) is 9.95. The van der Waals surface area contributed by atoms with Crippen molar-refractivity contribution >= 4 is 17.3 Å². The summed E-state index contributed by atoms with van der Waals surface area (Å²) in [5.74, 6) is -0.675. The van der Waals surface area contributed by atoms with Gasteiger partial charge < -0.3 is 9.94 Å². The summed E-state index contributed by atoms with van der Waals surface area (Å²) in [5.41, 5.74) is 9.99. The molecule has 1 aliphatic rings. The highest BCUT2D eigenvalue weighted by Crippen LogP contribution is 2.36. The molecule has 29 heavy (non-hydrogen) atoms. The average Bonchev–Trinajstić information content (AvgIpc) is 2.99. The van der Waals surface area contributed by atoms with Gasteiger partial charge in [-0.3, -0.25) is 5.73 Å².